The average molecular weight is 375 g/mol. The van der Waals surface area contributed by atoms with Crippen LogP contribution >= 0.6 is 11.3 Å². The maximum Gasteiger partial charge on any atom is 0.188 e. The van der Waals surface area contributed by atoms with Crippen molar-refractivity contribution in [2.24, 2.45) is 0 Å². The van der Waals surface area contributed by atoms with E-state index in [9.17, 15) is 17.6 Å². The van der Waals surface area contributed by atoms with E-state index in [0.717, 1.165) is 17.6 Å². The third-order valence-electron chi connectivity index (χ3n) is 3.58. The van der Waals surface area contributed by atoms with Crippen LogP contribution in [0.4, 0.5) is 4.39 Å². The zero-order valence-electron chi connectivity index (χ0n) is 13.5. The molecule has 0 N–H and O–H groups in total. The summed E-state index contributed by atoms with van der Waals surface area (Å²) >= 11 is 1.13. The number of nitrogens with zero attached hydrogens (tertiary/aromatic N) is 1. The molecule has 1 aromatic heterocycles. The molecule has 0 saturated carbocycles. The van der Waals surface area contributed by atoms with Crippen LogP contribution in [0.3, 0.4) is 0 Å². The highest BCUT2D eigenvalue weighted by Crippen LogP contribution is 2.39. The highest BCUT2D eigenvalue weighted by Gasteiger charge is 2.22. The number of halogens is 1. The van der Waals surface area contributed by atoms with Crippen LogP contribution in [0.1, 0.15) is 16.7 Å². The van der Waals surface area contributed by atoms with E-state index in [1.165, 1.54) is 25.1 Å². The molecule has 0 spiro atoms. The summed E-state index contributed by atoms with van der Waals surface area (Å²) in [6, 6.07) is 12.3. The third kappa shape index (κ3) is 3.52. The third-order valence-corrected chi connectivity index (χ3v) is 5.92. The first-order chi connectivity index (χ1) is 11.8. The van der Waals surface area contributed by atoms with Crippen LogP contribution < -0.4 is 0 Å². The van der Waals surface area contributed by atoms with E-state index in [1.54, 1.807) is 30.3 Å². The Bertz CT molecular complexity index is 1050. The zero-order chi connectivity index (χ0) is 18.2. The lowest BCUT2D eigenvalue weighted by molar-refractivity contribution is 0.101. The summed E-state index contributed by atoms with van der Waals surface area (Å²) in [5, 5.41) is 0.276. The molecule has 0 aliphatic rings. The Morgan fingerprint density at radius 2 is 1.72 bits per heavy atom. The molecule has 0 unspecified atom stereocenters. The van der Waals surface area contributed by atoms with Crippen LogP contribution in [0.25, 0.3) is 21.7 Å². The van der Waals surface area contributed by atoms with Crippen molar-refractivity contribution in [1.82, 2.24) is 4.98 Å². The number of hydrogen-bond acceptors (Lipinski definition) is 5. The van der Waals surface area contributed by atoms with E-state index in [1.807, 2.05) is 0 Å². The van der Waals surface area contributed by atoms with Gasteiger partial charge in [0.25, 0.3) is 0 Å². The number of ketones is 1. The topological polar surface area (TPSA) is 64.1 Å². The number of sulfone groups is 1. The fourth-order valence-electron chi connectivity index (χ4n) is 2.43. The fraction of sp³-hybridized carbons (Fsp3) is 0.111. The monoisotopic (exact) mass is 375 g/mol. The molecule has 0 aliphatic carbocycles. The largest absolute Gasteiger partial charge is 0.292 e. The Morgan fingerprint density at radius 1 is 1.08 bits per heavy atom. The molecule has 0 aliphatic heterocycles. The lowest BCUT2D eigenvalue weighted by atomic mass is 10.1. The van der Waals surface area contributed by atoms with Gasteiger partial charge in [-0.05, 0) is 30.3 Å². The number of carbonyl (C=O) groups is 1. The van der Waals surface area contributed by atoms with Gasteiger partial charge in [-0.2, -0.15) is 0 Å². The molecule has 0 amide bonds. The van der Waals surface area contributed by atoms with Gasteiger partial charge in [0.15, 0.2) is 20.6 Å². The van der Waals surface area contributed by atoms with Crippen LogP contribution in [-0.4, -0.2) is 25.4 Å². The first-order valence-electron chi connectivity index (χ1n) is 7.34. The molecule has 0 bridgehead atoms. The Balaban J connectivity index is 2.30. The Hall–Kier alpha value is -2.38. The normalized spacial score (nSPS) is 11.5. The van der Waals surface area contributed by atoms with Crippen LogP contribution in [0.2, 0.25) is 0 Å². The number of carbonyl (C=O) groups excluding carboxylic acids is 1. The van der Waals surface area contributed by atoms with Crippen molar-refractivity contribution in [3.63, 3.8) is 0 Å². The lowest BCUT2D eigenvalue weighted by Crippen LogP contribution is -1.99. The number of Topliss-reactive ketones (excluding diaryl/α,β-unsaturated/α-hetero) is 1. The maximum atomic E-state index is 13.2. The molecule has 128 valence electrons. The van der Waals surface area contributed by atoms with E-state index in [4.69, 9.17) is 0 Å². The standard InChI is InChI=1S/C18H14FNO3S2/c1-11(21)18-20-16(12-7-9-13(19)10-8-12)17(24-18)14-5-3-4-6-15(14)25(2,22)23/h3-10H,1-2H3. The first kappa shape index (κ1) is 17.4. The van der Waals surface area contributed by atoms with Crippen molar-refractivity contribution in [3.05, 3.63) is 59.4 Å². The molecule has 0 fully saturated rings. The van der Waals surface area contributed by atoms with Gasteiger partial charge in [0.05, 0.1) is 15.5 Å². The van der Waals surface area contributed by atoms with Gasteiger partial charge >= 0.3 is 0 Å². The van der Waals surface area contributed by atoms with Crippen molar-refractivity contribution in [3.8, 4) is 21.7 Å². The zero-order valence-corrected chi connectivity index (χ0v) is 15.1. The van der Waals surface area contributed by atoms with Crippen molar-refractivity contribution in [2.45, 2.75) is 11.8 Å². The number of aromatic nitrogens is 1. The molecule has 7 heteroatoms. The predicted molar refractivity (Wildman–Crippen MR) is 96.1 cm³/mol. The van der Waals surface area contributed by atoms with Crippen LogP contribution in [0.5, 0.6) is 0 Å². The second-order valence-corrected chi connectivity index (χ2v) is 8.51. The minimum Gasteiger partial charge on any atom is -0.292 e. The van der Waals surface area contributed by atoms with E-state index >= 15 is 0 Å². The summed E-state index contributed by atoms with van der Waals surface area (Å²) in [7, 11) is -3.46. The minimum atomic E-state index is -3.46. The van der Waals surface area contributed by atoms with E-state index in [2.05, 4.69) is 4.98 Å². The van der Waals surface area contributed by atoms with Crippen LogP contribution in [0.15, 0.2) is 53.4 Å². The highest BCUT2D eigenvalue weighted by molar-refractivity contribution is 7.90. The van der Waals surface area contributed by atoms with Crippen molar-refractivity contribution in [2.75, 3.05) is 6.26 Å². The SMILES string of the molecule is CC(=O)c1nc(-c2ccc(F)cc2)c(-c2ccccc2S(C)(=O)=O)s1. The summed E-state index contributed by atoms with van der Waals surface area (Å²) in [6.07, 6.45) is 1.14. The predicted octanol–water partition coefficient (Wildman–Crippen LogP) is 4.22. The van der Waals surface area contributed by atoms with E-state index < -0.39 is 9.84 Å². The fourth-order valence-corrected chi connectivity index (χ4v) is 4.42. The average Bonchev–Trinajstić information content (AvgIpc) is 3.00. The number of benzene rings is 2. The highest BCUT2D eigenvalue weighted by atomic mass is 32.2. The van der Waals surface area contributed by atoms with Gasteiger partial charge in [-0.3, -0.25) is 4.79 Å². The molecule has 0 saturated heterocycles. The van der Waals surface area contributed by atoms with E-state index in [-0.39, 0.29) is 21.5 Å². The van der Waals surface area contributed by atoms with Crippen molar-refractivity contribution < 1.29 is 17.6 Å². The molecular formula is C18H14FNO3S2. The minimum absolute atomic E-state index is 0.164. The maximum absolute atomic E-state index is 13.2. The summed E-state index contributed by atoms with van der Waals surface area (Å²) in [5.74, 6) is -0.597. The number of rotatable bonds is 4. The quantitative estimate of drug-likeness (QED) is 0.641. The molecule has 25 heavy (non-hydrogen) atoms. The first-order valence-corrected chi connectivity index (χ1v) is 10.1. The van der Waals surface area contributed by atoms with Crippen LogP contribution in [0, 0.1) is 5.82 Å². The van der Waals surface area contributed by atoms with E-state index in [0.29, 0.717) is 21.7 Å². The van der Waals surface area contributed by atoms with Crippen molar-refractivity contribution in [1.29, 1.82) is 0 Å². The summed E-state index contributed by atoms with van der Waals surface area (Å²) in [5.41, 5.74) is 1.56. The van der Waals surface area contributed by atoms with Crippen LogP contribution in [-0.2, 0) is 9.84 Å². The van der Waals surface area contributed by atoms with Crippen molar-refractivity contribution >= 4 is 27.0 Å². The molecule has 3 rings (SSSR count). The Kier molecular flexibility index (Phi) is 4.53. The van der Waals surface area contributed by atoms with Gasteiger partial charge in [-0.25, -0.2) is 17.8 Å². The second kappa shape index (κ2) is 6.50. The molecule has 1 heterocycles. The number of thiazole rings is 1. The molecule has 0 radical (unpaired) electrons. The molecule has 0 atom stereocenters. The summed E-state index contributed by atoms with van der Waals surface area (Å²) in [4.78, 5) is 16.9. The molecule has 3 aromatic rings. The van der Waals surface area contributed by atoms with Gasteiger partial charge < -0.3 is 0 Å². The molecule has 2 aromatic carbocycles. The molecule has 4 nitrogen and oxygen atoms in total. The Morgan fingerprint density at radius 3 is 2.32 bits per heavy atom. The Labute approximate surface area is 148 Å². The summed E-state index contributed by atoms with van der Waals surface area (Å²) in [6.45, 7) is 1.40. The summed E-state index contributed by atoms with van der Waals surface area (Å²) < 4.78 is 37.5. The van der Waals surface area contributed by atoms with Gasteiger partial charge in [0.2, 0.25) is 0 Å². The number of hydrogen-bond donors (Lipinski definition) is 0. The van der Waals surface area contributed by atoms with Gasteiger partial charge in [0, 0.05) is 24.3 Å². The van der Waals surface area contributed by atoms with Gasteiger partial charge in [0.1, 0.15) is 5.82 Å². The van der Waals surface area contributed by atoms with Gasteiger partial charge in [-0.15, -0.1) is 11.3 Å². The molecular weight excluding hydrogens is 361 g/mol. The van der Waals surface area contributed by atoms with Gasteiger partial charge in [-0.1, -0.05) is 18.2 Å². The second-order valence-electron chi connectivity index (χ2n) is 5.53. The smallest absolute Gasteiger partial charge is 0.188 e. The lowest BCUT2D eigenvalue weighted by Gasteiger charge is -2.08.